The summed E-state index contributed by atoms with van der Waals surface area (Å²) < 4.78 is 35.3. The molecule has 1 unspecified atom stereocenters. The van der Waals surface area contributed by atoms with Crippen LogP contribution in [-0.4, -0.2) is 22.6 Å². The van der Waals surface area contributed by atoms with E-state index in [4.69, 9.17) is 14.3 Å². The molecule has 0 fully saturated rings. The summed E-state index contributed by atoms with van der Waals surface area (Å²) in [6.45, 7) is 5.85. The smallest absolute Gasteiger partial charge is 0.339 e. The van der Waals surface area contributed by atoms with Gasteiger partial charge in [0.15, 0.2) is 8.32 Å². The van der Waals surface area contributed by atoms with E-state index in [0.29, 0.717) is 5.56 Å². The van der Waals surface area contributed by atoms with Crippen molar-refractivity contribution in [1.29, 1.82) is 0 Å². The Balaban J connectivity index is 2.20. The summed E-state index contributed by atoms with van der Waals surface area (Å²) in [5.74, 6) is -0.447. The average Bonchev–Trinajstić information content (AvgIpc) is 2.53. The molecule has 2 rings (SSSR count). The number of hydrogen-bond donors (Lipinski definition) is 1. The number of amides is 1. The summed E-state index contributed by atoms with van der Waals surface area (Å²) in [4.78, 5) is 11.7. The quantitative estimate of drug-likeness (QED) is 0.589. The summed E-state index contributed by atoms with van der Waals surface area (Å²) in [6.07, 6.45) is -0.869. The van der Waals surface area contributed by atoms with E-state index in [1.807, 2.05) is 19.6 Å². The summed E-state index contributed by atoms with van der Waals surface area (Å²) in [7, 11) is -5.90. The second-order valence-electron chi connectivity index (χ2n) is 6.43. The molecule has 8 heteroatoms. The molecular weight excluding hydrogens is 358 g/mol. The van der Waals surface area contributed by atoms with Crippen LogP contribution in [0, 0.1) is 0 Å². The van der Waals surface area contributed by atoms with Crippen molar-refractivity contribution in [3.05, 3.63) is 60.2 Å². The molecule has 2 aromatic rings. The van der Waals surface area contributed by atoms with Crippen molar-refractivity contribution in [1.82, 2.24) is 0 Å². The number of primary amides is 1. The molecule has 0 aliphatic carbocycles. The van der Waals surface area contributed by atoms with Gasteiger partial charge in [-0.05, 0) is 49.5 Å². The third kappa shape index (κ3) is 5.41. The normalized spacial score (nSPS) is 13.2. The fourth-order valence-electron chi connectivity index (χ4n) is 2.10. The molecule has 0 radical (unpaired) electrons. The number of nitrogens with two attached hydrogens (primary N) is 1. The lowest BCUT2D eigenvalue weighted by molar-refractivity contribution is -0.125. The van der Waals surface area contributed by atoms with E-state index in [2.05, 4.69) is 0 Å². The van der Waals surface area contributed by atoms with Crippen LogP contribution in [0.3, 0.4) is 0 Å². The second-order valence-corrected chi connectivity index (χ2v) is 12.4. The van der Waals surface area contributed by atoms with Crippen LogP contribution in [-0.2, 0) is 19.3 Å². The van der Waals surface area contributed by atoms with Gasteiger partial charge in [0.2, 0.25) is 5.91 Å². The van der Waals surface area contributed by atoms with E-state index < -0.39 is 30.4 Å². The van der Waals surface area contributed by atoms with Gasteiger partial charge in [0.05, 0.1) is 0 Å². The molecule has 2 aromatic carbocycles. The maximum absolute atomic E-state index is 12.2. The monoisotopic (exact) mass is 379 g/mol. The minimum absolute atomic E-state index is 0.0659. The van der Waals surface area contributed by atoms with Crippen molar-refractivity contribution in [2.45, 2.75) is 30.6 Å². The Morgan fingerprint density at radius 2 is 1.56 bits per heavy atom. The molecule has 0 heterocycles. The summed E-state index contributed by atoms with van der Waals surface area (Å²) in [6, 6.07) is 13.9. The van der Waals surface area contributed by atoms with Crippen molar-refractivity contribution in [3.63, 3.8) is 0 Å². The molecule has 1 atom stereocenters. The maximum Gasteiger partial charge on any atom is 0.339 e. The predicted molar refractivity (Wildman–Crippen MR) is 97.1 cm³/mol. The fourth-order valence-corrected chi connectivity index (χ4v) is 4.01. The number of rotatable bonds is 7. The van der Waals surface area contributed by atoms with Gasteiger partial charge in [0, 0.05) is 0 Å². The molecule has 0 aliphatic heterocycles. The van der Waals surface area contributed by atoms with E-state index >= 15 is 0 Å². The Hall–Kier alpha value is -2.16. The van der Waals surface area contributed by atoms with Crippen LogP contribution < -0.4 is 9.92 Å². The van der Waals surface area contributed by atoms with Crippen molar-refractivity contribution >= 4 is 24.3 Å². The van der Waals surface area contributed by atoms with Gasteiger partial charge in [-0.2, -0.15) is 8.42 Å². The molecule has 25 heavy (non-hydrogen) atoms. The largest absolute Gasteiger partial charge is 0.402 e. The first-order valence-corrected chi connectivity index (χ1v) is 12.5. The lowest BCUT2D eigenvalue weighted by Gasteiger charge is -2.24. The second kappa shape index (κ2) is 7.38. The lowest BCUT2D eigenvalue weighted by atomic mass is 10.1. The zero-order chi connectivity index (χ0) is 18.7. The topological polar surface area (TPSA) is 95.7 Å². The fraction of sp³-hybridized carbons (Fsp3) is 0.235. The van der Waals surface area contributed by atoms with E-state index in [9.17, 15) is 13.2 Å². The molecule has 134 valence electrons. The van der Waals surface area contributed by atoms with Gasteiger partial charge in [-0.1, -0.05) is 30.3 Å². The third-order valence-electron chi connectivity index (χ3n) is 3.15. The van der Waals surface area contributed by atoms with Crippen molar-refractivity contribution in [2.75, 3.05) is 0 Å². The molecule has 0 spiro atoms. The SMILES string of the molecule is C[Si](C)(C)OC(C(N)=O)c1ccc(OS(=O)(=O)c2ccccc2)cc1. The van der Waals surface area contributed by atoms with Crippen molar-refractivity contribution in [2.24, 2.45) is 5.73 Å². The predicted octanol–water partition coefficient (Wildman–Crippen LogP) is 2.83. The molecular formula is C17H21NO5SSi. The highest BCUT2D eigenvalue weighted by Gasteiger charge is 2.26. The van der Waals surface area contributed by atoms with Gasteiger partial charge in [0.25, 0.3) is 0 Å². The zero-order valence-electron chi connectivity index (χ0n) is 14.3. The first-order chi connectivity index (χ1) is 11.6. The molecule has 2 N–H and O–H groups in total. The van der Waals surface area contributed by atoms with Crippen LogP contribution in [0.15, 0.2) is 59.5 Å². The van der Waals surface area contributed by atoms with Gasteiger partial charge >= 0.3 is 10.1 Å². The summed E-state index contributed by atoms with van der Waals surface area (Å²) >= 11 is 0. The van der Waals surface area contributed by atoms with Gasteiger partial charge in [0.1, 0.15) is 16.7 Å². The van der Waals surface area contributed by atoms with E-state index in [0.717, 1.165) is 0 Å². The van der Waals surface area contributed by atoms with Crippen molar-refractivity contribution < 1.29 is 21.8 Å². The van der Waals surface area contributed by atoms with Crippen LogP contribution in [0.5, 0.6) is 5.75 Å². The minimum atomic E-state index is -3.91. The number of carbonyl (C=O) groups excluding carboxylic acids is 1. The molecule has 6 nitrogen and oxygen atoms in total. The van der Waals surface area contributed by atoms with Crippen LogP contribution in [0.2, 0.25) is 19.6 Å². The van der Waals surface area contributed by atoms with Gasteiger partial charge in [-0.25, -0.2) is 0 Å². The molecule has 0 saturated carbocycles. The lowest BCUT2D eigenvalue weighted by Crippen LogP contribution is -2.34. The van der Waals surface area contributed by atoms with Crippen molar-refractivity contribution in [3.8, 4) is 5.75 Å². The molecule has 0 saturated heterocycles. The molecule has 1 amide bonds. The zero-order valence-corrected chi connectivity index (χ0v) is 16.1. The standard InChI is InChI=1S/C17H21NO5SSi/c1-25(2,3)23-16(17(18)19)13-9-11-14(12-10-13)22-24(20,21)15-7-5-4-6-8-15/h4-12,16H,1-3H3,(H2,18,19). The molecule has 0 aromatic heterocycles. The molecule has 0 bridgehead atoms. The van der Waals surface area contributed by atoms with Crippen LogP contribution in [0.25, 0.3) is 0 Å². The Bertz CT molecular complexity index is 830. The Morgan fingerprint density at radius 1 is 1.00 bits per heavy atom. The van der Waals surface area contributed by atoms with E-state index in [1.54, 1.807) is 30.3 Å². The van der Waals surface area contributed by atoms with Crippen LogP contribution in [0.1, 0.15) is 11.7 Å². The van der Waals surface area contributed by atoms with Gasteiger partial charge in [-0.3, -0.25) is 4.79 Å². The van der Waals surface area contributed by atoms with Crippen LogP contribution >= 0.6 is 0 Å². The van der Waals surface area contributed by atoms with Crippen LogP contribution in [0.4, 0.5) is 0 Å². The first-order valence-electron chi connectivity index (χ1n) is 7.65. The summed E-state index contributed by atoms with van der Waals surface area (Å²) in [5, 5.41) is 0. The van der Waals surface area contributed by atoms with Gasteiger partial charge < -0.3 is 14.3 Å². The highest BCUT2D eigenvalue weighted by molar-refractivity contribution is 7.87. The maximum atomic E-state index is 12.2. The van der Waals surface area contributed by atoms with Gasteiger partial charge in [-0.15, -0.1) is 0 Å². The summed E-state index contributed by atoms with van der Waals surface area (Å²) in [5.41, 5.74) is 5.98. The highest BCUT2D eigenvalue weighted by Crippen LogP contribution is 2.25. The first kappa shape index (κ1) is 19.2. The van der Waals surface area contributed by atoms with E-state index in [-0.39, 0.29) is 10.6 Å². The van der Waals surface area contributed by atoms with E-state index in [1.165, 1.54) is 24.3 Å². The third-order valence-corrected chi connectivity index (χ3v) is 5.35. The Kier molecular flexibility index (Phi) is 5.66. The Morgan fingerprint density at radius 3 is 2.04 bits per heavy atom. The number of benzene rings is 2. The number of hydrogen-bond acceptors (Lipinski definition) is 5. The Labute approximate surface area is 148 Å². The highest BCUT2D eigenvalue weighted by atomic mass is 32.2. The molecule has 0 aliphatic rings. The average molecular weight is 380 g/mol. The minimum Gasteiger partial charge on any atom is -0.402 e. The number of carbonyl (C=O) groups is 1.